The minimum atomic E-state index is -0.390. The highest BCUT2D eigenvalue weighted by Gasteiger charge is 2.36. The summed E-state index contributed by atoms with van der Waals surface area (Å²) in [5.74, 6) is 0. The van der Waals surface area contributed by atoms with E-state index in [1.807, 2.05) is 12.3 Å². The van der Waals surface area contributed by atoms with Crippen LogP contribution >= 0.6 is 11.8 Å². The van der Waals surface area contributed by atoms with Gasteiger partial charge in [-0.3, -0.25) is 4.90 Å². The molecule has 1 aliphatic heterocycles. The molecule has 2 rings (SSSR count). The second kappa shape index (κ2) is 4.67. The topological polar surface area (TPSA) is 52.7 Å². The lowest BCUT2D eigenvalue weighted by Gasteiger charge is -2.37. The predicted octanol–water partition coefficient (Wildman–Crippen LogP) is 1.91. The number of hydrogen-bond donors (Lipinski definition) is 1. The van der Waals surface area contributed by atoms with Crippen LogP contribution in [-0.4, -0.2) is 35.8 Å². The Labute approximate surface area is 104 Å². The van der Waals surface area contributed by atoms with Crippen LogP contribution in [0.25, 0.3) is 0 Å². The van der Waals surface area contributed by atoms with Crippen LogP contribution in [0.5, 0.6) is 0 Å². The van der Waals surface area contributed by atoms with Crippen LogP contribution in [0.3, 0.4) is 0 Å². The second-order valence-corrected chi connectivity index (χ2v) is 4.52. The van der Waals surface area contributed by atoms with Crippen LogP contribution in [0.15, 0.2) is 30.3 Å². The minimum absolute atomic E-state index is 0.310. The Balaban J connectivity index is 2.30. The third-order valence-electron chi connectivity index (χ3n) is 2.53. The Morgan fingerprint density at radius 2 is 1.88 bits per heavy atom. The van der Waals surface area contributed by atoms with E-state index in [1.54, 1.807) is 31.3 Å². The first kappa shape index (κ1) is 11.8. The molecule has 0 saturated carbocycles. The average Bonchev–Trinajstić information content (AvgIpc) is 2.35. The number of rotatable bonds is 2. The Kier molecular flexibility index (Phi) is 3.23. The van der Waals surface area contributed by atoms with Crippen molar-refractivity contribution in [1.82, 2.24) is 10.2 Å². The molecule has 5 nitrogen and oxygen atoms in total. The molecule has 1 aromatic carbocycles. The number of benzene rings is 1. The number of para-hydroxylation sites is 1. The number of imide groups is 1. The van der Waals surface area contributed by atoms with E-state index in [1.165, 1.54) is 16.7 Å². The highest BCUT2D eigenvalue weighted by atomic mass is 32.2. The molecule has 6 heteroatoms. The van der Waals surface area contributed by atoms with E-state index < -0.39 is 6.03 Å². The summed E-state index contributed by atoms with van der Waals surface area (Å²) in [6.07, 6.45) is 1.84. The number of thioether (sulfide) groups is 1. The smallest absolute Gasteiger partial charge is 0.308 e. The molecule has 1 unspecified atom stereocenters. The standard InChI is InChI=1S/C11H13N3O2S/c1-13-10(17-2)12-9(15)14(11(13)16)8-6-4-3-5-7-8/h3-7,10H,1-2H3,(H,12,15). The first-order chi connectivity index (χ1) is 8.15. The zero-order valence-corrected chi connectivity index (χ0v) is 10.4. The van der Waals surface area contributed by atoms with E-state index in [0.29, 0.717) is 5.69 Å². The lowest BCUT2D eigenvalue weighted by atomic mass is 10.3. The van der Waals surface area contributed by atoms with E-state index in [-0.39, 0.29) is 11.5 Å². The summed E-state index contributed by atoms with van der Waals surface area (Å²) in [4.78, 5) is 26.6. The minimum Gasteiger partial charge on any atom is -0.308 e. The van der Waals surface area contributed by atoms with E-state index in [0.717, 1.165) is 4.90 Å². The lowest BCUT2D eigenvalue weighted by Crippen LogP contribution is -2.62. The van der Waals surface area contributed by atoms with Crippen molar-refractivity contribution < 1.29 is 9.59 Å². The van der Waals surface area contributed by atoms with E-state index in [4.69, 9.17) is 0 Å². The van der Waals surface area contributed by atoms with Gasteiger partial charge in [-0.05, 0) is 18.4 Å². The van der Waals surface area contributed by atoms with Crippen LogP contribution < -0.4 is 10.2 Å². The first-order valence-electron chi connectivity index (χ1n) is 5.10. The molecular weight excluding hydrogens is 238 g/mol. The maximum atomic E-state index is 12.1. The summed E-state index contributed by atoms with van der Waals surface area (Å²) >= 11 is 1.41. The van der Waals surface area contributed by atoms with Gasteiger partial charge in [0, 0.05) is 7.05 Å². The zero-order chi connectivity index (χ0) is 12.4. The fraction of sp³-hybridized carbons (Fsp3) is 0.273. The third-order valence-corrected chi connectivity index (χ3v) is 3.41. The maximum absolute atomic E-state index is 12.1. The van der Waals surface area contributed by atoms with Crippen molar-refractivity contribution in [3.63, 3.8) is 0 Å². The van der Waals surface area contributed by atoms with E-state index >= 15 is 0 Å². The van der Waals surface area contributed by atoms with Gasteiger partial charge in [0.15, 0.2) is 5.50 Å². The van der Waals surface area contributed by atoms with Gasteiger partial charge in [-0.2, -0.15) is 0 Å². The quantitative estimate of drug-likeness (QED) is 0.873. The van der Waals surface area contributed by atoms with Crippen molar-refractivity contribution in [2.75, 3.05) is 18.2 Å². The van der Waals surface area contributed by atoms with Crippen LogP contribution in [0.2, 0.25) is 0 Å². The number of carbonyl (C=O) groups is 2. The second-order valence-electron chi connectivity index (χ2n) is 3.60. The molecule has 0 spiro atoms. The van der Waals surface area contributed by atoms with E-state index in [2.05, 4.69) is 5.32 Å². The van der Waals surface area contributed by atoms with Gasteiger partial charge in [0.25, 0.3) is 0 Å². The molecule has 1 fully saturated rings. The largest absolute Gasteiger partial charge is 0.334 e. The zero-order valence-electron chi connectivity index (χ0n) is 9.58. The molecule has 0 bridgehead atoms. The molecule has 4 amide bonds. The fourth-order valence-electron chi connectivity index (χ4n) is 1.63. The molecule has 1 N–H and O–H groups in total. The molecule has 1 atom stereocenters. The Morgan fingerprint density at radius 1 is 1.24 bits per heavy atom. The molecule has 0 aliphatic carbocycles. The summed E-state index contributed by atoms with van der Waals surface area (Å²) in [5.41, 5.74) is 0.261. The molecule has 0 radical (unpaired) electrons. The molecule has 1 heterocycles. The number of nitrogens with one attached hydrogen (secondary N) is 1. The van der Waals surface area contributed by atoms with Gasteiger partial charge >= 0.3 is 12.1 Å². The van der Waals surface area contributed by atoms with Gasteiger partial charge in [-0.25, -0.2) is 14.5 Å². The van der Waals surface area contributed by atoms with Gasteiger partial charge in [0.05, 0.1) is 5.69 Å². The number of hydrogen-bond acceptors (Lipinski definition) is 3. The number of carbonyl (C=O) groups excluding carboxylic acids is 2. The van der Waals surface area contributed by atoms with Crippen molar-refractivity contribution in [2.45, 2.75) is 5.50 Å². The summed E-state index contributed by atoms with van der Waals surface area (Å²) < 4.78 is 0. The van der Waals surface area contributed by atoms with Crippen LogP contribution in [0.4, 0.5) is 15.3 Å². The van der Waals surface area contributed by atoms with Gasteiger partial charge in [-0.15, -0.1) is 11.8 Å². The van der Waals surface area contributed by atoms with Gasteiger partial charge in [-0.1, -0.05) is 18.2 Å². The van der Waals surface area contributed by atoms with E-state index in [9.17, 15) is 9.59 Å². The molecule has 1 aromatic rings. The van der Waals surface area contributed by atoms with Gasteiger partial charge in [0.1, 0.15) is 0 Å². The highest BCUT2D eigenvalue weighted by Crippen LogP contribution is 2.22. The Bertz CT molecular complexity index is 438. The molecule has 17 heavy (non-hydrogen) atoms. The van der Waals surface area contributed by atoms with Crippen molar-refractivity contribution in [2.24, 2.45) is 0 Å². The monoisotopic (exact) mass is 251 g/mol. The molecule has 0 aromatic heterocycles. The first-order valence-corrected chi connectivity index (χ1v) is 6.39. The van der Waals surface area contributed by atoms with Gasteiger partial charge < -0.3 is 5.32 Å². The van der Waals surface area contributed by atoms with Crippen molar-refractivity contribution in [1.29, 1.82) is 0 Å². The number of urea groups is 2. The molecular formula is C11H13N3O2S. The van der Waals surface area contributed by atoms with Crippen molar-refractivity contribution in [3.05, 3.63) is 30.3 Å². The number of amides is 4. The molecule has 1 saturated heterocycles. The summed E-state index contributed by atoms with van der Waals surface area (Å²) in [5, 5.41) is 2.75. The summed E-state index contributed by atoms with van der Waals surface area (Å²) in [6.45, 7) is 0. The average molecular weight is 251 g/mol. The Morgan fingerprint density at radius 3 is 2.47 bits per heavy atom. The van der Waals surface area contributed by atoms with Crippen LogP contribution in [-0.2, 0) is 0 Å². The van der Waals surface area contributed by atoms with Crippen LogP contribution in [0, 0.1) is 0 Å². The molecule has 90 valence electrons. The Hall–Kier alpha value is -1.69. The maximum Gasteiger partial charge on any atom is 0.334 e. The molecule has 1 aliphatic rings. The lowest BCUT2D eigenvalue weighted by molar-refractivity contribution is 0.190. The highest BCUT2D eigenvalue weighted by molar-refractivity contribution is 7.99. The van der Waals surface area contributed by atoms with Crippen molar-refractivity contribution >= 4 is 29.5 Å². The fourth-order valence-corrected chi connectivity index (χ4v) is 2.26. The third kappa shape index (κ3) is 2.08. The summed E-state index contributed by atoms with van der Waals surface area (Å²) in [7, 11) is 1.67. The van der Waals surface area contributed by atoms with Gasteiger partial charge in [0.2, 0.25) is 0 Å². The summed E-state index contributed by atoms with van der Waals surface area (Å²) in [6, 6.07) is 8.16. The normalized spacial score (nSPS) is 20.5. The number of anilines is 1. The van der Waals surface area contributed by atoms with Crippen molar-refractivity contribution in [3.8, 4) is 0 Å². The van der Waals surface area contributed by atoms with Crippen LogP contribution in [0.1, 0.15) is 0 Å². The SMILES string of the molecule is CSC1NC(=O)N(c2ccccc2)C(=O)N1C. The predicted molar refractivity (Wildman–Crippen MR) is 67.9 cm³/mol. The number of nitrogens with zero attached hydrogens (tertiary/aromatic N) is 2.